The van der Waals surface area contributed by atoms with Gasteiger partial charge >= 0.3 is 0 Å². The van der Waals surface area contributed by atoms with Crippen molar-refractivity contribution in [2.75, 3.05) is 14.1 Å². The largest absolute Gasteiger partial charge is 0.479 e. The summed E-state index contributed by atoms with van der Waals surface area (Å²) in [6.45, 7) is 1.75. The van der Waals surface area contributed by atoms with Gasteiger partial charge in [-0.2, -0.15) is 0 Å². The minimum Gasteiger partial charge on any atom is -0.479 e. The molecule has 0 bridgehead atoms. The Bertz CT molecular complexity index is 825. The monoisotopic (exact) mass is 408 g/mol. The van der Waals surface area contributed by atoms with Gasteiger partial charge in [0.15, 0.2) is 6.10 Å². The van der Waals surface area contributed by atoms with E-state index in [1.165, 1.54) is 6.42 Å². The molecular weight excluding hydrogens is 383 g/mol. The number of halogens is 2. The molecule has 6 heteroatoms. The first-order valence-electron chi connectivity index (χ1n) is 9.38. The molecule has 3 atom stereocenters. The van der Waals surface area contributed by atoms with Crippen LogP contribution >= 0.6 is 23.2 Å². The minimum atomic E-state index is -0.656. The lowest BCUT2D eigenvalue weighted by molar-refractivity contribution is -0.128. The number of nitrogens with one attached hydrogen (secondary N) is 1. The summed E-state index contributed by atoms with van der Waals surface area (Å²) in [4.78, 5) is 15.0. The molecule has 2 aromatic rings. The normalized spacial score (nSPS) is 21.3. The highest BCUT2D eigenvalue weighted by Crippen LogP contribution is 2.38. The van der Waals surface area contributed by atoms with Crippen molar-refractivity contribution in [3.05, 3.63) is 40.4 Å². The van der Waals surface area contributed by atoms with Crippen molar-refractivity contribution in [1.82, 2.24) is 10.2 Å². The van der Waals surface area contributed by atoms with Crippen LogP contribution in [0.25, 0.3) is 10.8 Å². The van der Waals surface area contributed by atoms with Crippen LogP contribution in [0.4, 0.5) is 0 Å². The van der Waals surface area contributed by atoms with E-state index in [4.69, 9.17) is 27.9 Å². The molecule has 3 unspecified atom stereocenters. The zero-order valence-electron chi connectivity index (χ0n) is 16.0. The maximum Gasteiger partial charge on any atom is 0.261 e. The molecule has 0 radical (unpaired) electrons. The van der Waals surface area contributed by atoms with Crippen molar-refractivity contribution in [2.45, 2.75) is 50.8 Å². The van der Waals surface area contributed by atoms with Crippen molar-refractivity contribution in [3.8, 4) is 5.75 Å². The van der Waals surface area contributed by atoms with E-state index in [0.29, 0.717) is 21.8 Å². The van der Waals surface area contributed by atoms with Gasteiger partial charge in [-0.05, 0) is 39.9 Å². The van der Waals surface area contributed by atoms with Crippen LogP contribution in [0, 0.1) is 0 Å². The van der Waals surface area contributed by atoms with E-state index >= 15 is 0 Å². The van der Waals surface area contributed by atoms with E-state index in [2.05, 4.69) is 24.3 Å². The molecule has 1 aliphatic rings. The Morgan fingerprint density at radius 3 is 2.52 bits per heavy atom. The van der Waals surface area contributed by atoms with Crippen LogP contribution in [-0.2, 0) is 4.79 Å². The van der Waals surface area contributed by atoms with Crippen molar-refractivity contribution in [1.29, 1.82) is 0 Å². The second kappa shape index (κ2) is 8.68. The SMILES string of the molecule is CC(Oc1c(Cl)cc(Cl)c2ccccc12)C(=O)NC1CCCCC1N(C)C. The number of hydrogen-bond acceptors (Lipinski definition) is 3. The first kappa shape index (κ1) is 20.2. The molecule has 1 fully saturated rings. The highest BCUT2D eigenvalue weighted by Gasteiger charge is 2.30. The molecule has 4 nitrogen and oxygen atoms in total. The lowest BCUT2D eigenvalue weighted by atomic mass is 9.89. The van der Waals surface area contributed by atoms with Gasteiger partial charge in [-0.25, -0.2) is 0 Å². The predicted octanol–water partition coefficient (Wildman–Crippen LogP) is 4.90. The van der Waals surface area contributed by atoms with Gasteiger partial charge in [-0.15, -0.1) is 0 Å². The number of nitrogens with zero attached hydrogens (tertiary/aromatic N) is 1. The van der Waals surface area contributed by atoms with E-state index in [-0.39, 0.29) is 11.9 Å². The molecule has 1 amide bonds. The van der Waals surface area contributed by atoms with Crippen LogP contribution < -0.4 is 10.1 Å². The summed E-state index contributed by atoms with van der Waals surface area (Å²) in [6, 6.07) is 9.78. The average Bonchev–Trinajstić information content (AvgIpc) is 2.65. The smallest absolute Gasteiger partial charge is 0.261 e. The van der Waals surface area contributed by atoms with Crippen LogP contribution in [0.15, 0.2) is 30.3 Å². The average molecular weight is 409 g/mol. The number of amides is 1. The van der Waals surface area contributed by atoms with Gasteiger partial charge in [0.1, 0.15) is 5.75 Å². The molecule has 0 spiro atoms. The van der Waals surface area contributed by atoms with Gasteiger partial charge < -0.3 is 15.0 Å². The molecule has 27 heavy (non-hydrogen) atoms. The van der Waals surface area contributed by atoms with E-state index in [1.54, 1.807) is 13.0 Å². The summed E-state index contributed by atoms with van der Waals surface area (Å²) in [7, 11) is 4.13. The standard InChI is InChI=1S/C21H26Cl2N2O2/c1-13(21(26)24-18-10-6-7-11-19(18)25(2)3)27-20-15-9-5-4-8-14(15)16(22)12-17(20)23/h4-5,8-9,12-13,18-19H,6-7,10-11H2,1-3H3,(H,24,26). The number of benzene rings is 2. The van der Waals surface area contributed by atoms with Crippen molar-refractivity contribution in [2.24, 2.45) is 0 Å². The first-order valence-corrected chi connectivity index (χ1v) is 10.1. The summed E-state index contributed by atoms with van der Waals surface area (Å²) < 4.78 is 6.00. The number of fused-ring (bicyclic) bond motifs is 1. The number of carbonyl (C=O) groups is 1. The lowest BCUT2D eigenvalue weighted by Gasteiger charge is -2.37. The van der Waals surface area contributed by atoms with Crippen LogP contribution in [0.3, 0.4) is 0 Å². The molecule has 1 saturated carbocycles. The van der Waals surface area contributed by atoms with Gasteiger partial charge in [-0.3, -0.25) is 4.79 Å². The van der Waals surface area contributed by atoms with E-state index in [1.807, 2.05) is 24.3 Å². The maximum absolute atomic E-state index is 12.8. The van der Waals surface area contributed by atoms with Crippen LogP contribution in [-0.4, -0.2) is 43.1 Å². The van der Waals surface area contributed by atoms with Crippen molar-refractivity contribution < 1.29 is 9.53 Å². The van der Waals surface area contributed by atoms with E-state index in [0.717, 1.165) is 30.0 Å². The molecule has 0 saturated heterocycles. The molecule has 146 valence electrons. The summed E-state index contributed by atoms with van der Waals surface area (Å²) in [5.74, 6) is 0.371. The number of hydrogen-bond donors (Lipinski definition) is 1. The zero-order valence-corrected chi connectivity index (χ0v) is 17.5. The highest BCUT2D eigenvalue weighted by atomic mass is 35.5. The summed E-state index contributed by atoms with van der Waals surface area (Å²) in [6.07, 6.45) is 3.77. The molecule has 1 N–H and O–H groups in total. The minimum absolute atomic E-state index is 0.121. The quantitative estimate of drug-likeness (QED) is 0.764. The topological polar surface area (TPSA) is 41.6 Å². The first-order chi connectivity index (χ1) is 12.9. The zero-order chi connectivity index (χ0) is 19.6. The third kappa shape index (κ3) is 4.50. The number of rotatable bonds is 5. The molecular formula is C21H26Cl2N2O2. The lowest BCUT2D eigenvalue weighted by Crippen LogP contribution is -2.53. The number of carbonyl (C=O) groups excluding carboxylic acids is 1. The molecule has 3 rings (SSSR count). The summed E-state index contributed by atoms with van der Waals surface area (Å²) in [5, 5.41) is 5.80. The van der Waals surface area contributed by atoms with Crippen LogP contribution in [0.5, 0.6) is 5.75 Å². The predicted molar refractivity (Wildman–Crippen MR) is 112 cm³/mol. The third-order valence-electron chi connectivity index (χ3n) is 5.28. The molecule has 0 heterocycles. The Hall–Kier alpha value is -1.49. The number of ether oxygens (including phenoxy) is 1. The summed E-state index contributed by atoms with van der Waals surface area (Å²) >= 11 is 12.6. The van der Waals surface area contributed by atoms with Gasteiger partial charge in [0.05, 0.1) is 10.0 Å². The van der Waals surface area contributed by atoms with Gasteiger partial charge in [0, 0.05) is 22.9 Å². The van der Waals surface area contributed by atoms with E-state index in [9.17, 15) is 4.79 Å². The fraction of sp³-hybridized carbons (Fsp3) is 0.476. The maximum atomic E-state index is 12.8. The van der Waals surface area contributed by atoms with Gasteiger partial charge in [0.25, 0.3) is 5.91 Å². The molecule has 0 aromatic heterocycles. The van der Waals surface area contributed by atoms with Crippen LogP contribution in [0.1, 0.15) is 32.6 Å². The van der Waals surface area contributed by atoms with Gasteiger partial charge in [0.2, 0.25) is 0 Å². The Morgan fingerprint density at radius 2 is 1.81 bits per heavy atom. The molecule has 0 aliphatic heterocycles. The van der Waals surface area contributed by atoms with Crippen molar-refractivity contribution in [3.63, 3.8) is 0 Å². The Morgan fingerprint density at radius 1 is 1.15 bits per heavy atom. The van der Waals surface area contributed by atoms with E-state index < -0.39 is 6.10 Å². The Labute approximate surface area is 170 Å². The molecule has 2 aromatic carbocycles. The second-order valence-electron chi connectivity index (χ2n) is 7.41. The fourth-order valence-electron chi connectivity index (χ4n) is 3.82. The highest BCUT2D eigenvalue weighted by molar-refractivity contribution is 6.39. The number of likely N-dealkylation sites (N-methyl/N-ethyl adjacent to an activating group) is 1. The molecule has 1 aliphatic carbocycles. The van der Waals surface area contributed by atoms with Crippen molar-refractivity contribution >= 4 is 39.9 Å². The Kier molecular flexibility index (Phi) is 6.51. The Balaban J connectivity index is 1.76. The fourth-order valence-corrected chi connectivity index (χ4v) is 4.41. The summed E-state index contributed by atoms with van der Waals surface area (Å²) in [5.41, 5.74) is 0. The second-order valence-corrected chi connectivity index (χ2v) is 8.22. The third-order valence-corrected chi connectivity index (χ3v) is 5.88. The van der Waals surface area contributed by atoms with Crippen LogP contribution in [0.2, 0.25) is 10.0 Å². The van der Waals surface area contributed by atoms with Gasteiger partial charge in [-0.1, -0.05) is 60.3 Å².